The number of hydrogen-bond acceptors (Lipinski definition) is 6. The molecule has 0 atom stereocenters. The lowest BCUT2D eigenvalue weighted by Gasteiger charge is -2.27. The summed E-state index contributed by atoms with van der Waals surface area (Å²) in [5.74, 6) is 0.654. The van der Waals surface area contributed by atoms with Crippen LogP contribution in [-0.2, 0) is 9.53 Å². The van der Waals surface area contributed by atoms with Gasteiger partial charge in [0.25, 0.3) is 0 Å². The molecule has 1 saturated carbocycles. The number of aromatic amines is 1. The van der Waals surface area contributed by atoms with Crippen molar-refractivity contribution < 1.29 is 18.7 Å². The van der Waals surface area contributed by atoms with Crippen LogP contribution in [0.5, 0.6) is 6.01 Å². The molecule has 3 aromatic rings. The van der Waals surface area contributed by atoms with E-state index < -0.39 is 0 Å². The molecule has 1 aromatic carbocycles. The van der Waals surface area contributed by atoms with Gasteiger partial charge in [-0.15, -0.1) is 0 Å². The molecule has 2 aromatic heterocycles. The Hall–Kier alpha value is -3.29. The fourth-order valence-electron chi connectivity index (χ4n) is 4.07. The van der Waals surface area contributed by atoms with Crippen LogP contribution in [0.4, 0.5) is 4.39 Å². The number of imidazole rings is 1. The first-order valence-corrected chi connectivity index (χ1v) is 11.0. The van der Waals surface area contributed by atoms with Crippen LogP contribution in [0.1, 0.15) is 57.2 Å². The number of methoxy groups -OCH3 is 1. The van der Waals surface area contributed by atoms with Crippen LogP contribution in [0.2, 0.25) is 0 Å². The minimum absolute atomic E-state index is 0.0255. The van der Waals surface area contributed by atoms with E-state index in [1.807, 2.05) is 6.92 Å². The monoisotopic (exact) mass is 438 g/mol. The van der Waals surface area contributed by atoms with Gasteiger partial charge in [0.05, 0.1) is 24.2 Å². The molecule has 0 saturated heterocycles. The minimum Gasteiger partial charge on any atom is -0.467 e. The smallest absolute Gasteiger partial charge is 0.316 e. The Morgan fingerprint density at radius 3 is 2.56 bits per heavy atom. The highest BCUT2D eigenvalue weighted by atomic mass is 19.1. The maximum Gasteiger partial charge on any atom is 0.316 e. The number of hydrogen-bond donors (Lipinski definition) is 1. The predicted molar refractivity (Wildman–Crippen MR) is 118 cm³/mol. The average molecular weight is 439 g/mol. The molecule has 7 nitrogen and oxygen atoms in total. The Bertz CT molecular complexity index is 1060. The van der Waals surface area contributed by atoms with E-state index in [0.29, 0.717) is 17.8 Å². The summed E-state index contributed by atoms with van der Waals surface area (Å²) >= 11 is 0. The molecule has 0 unspecified atom stereocenters. The lowest BCUT2D eigenvalue weighted by atomic mass is 9.87. The second kappa shape index (κ2) is 9.89. The van der Waals surface area contributed by atoms with Gasteiger partial charge in [0.15, 0.2) is 0 Å². The summed E-state index contributed by atoms with van der Waals surface area (Å²) in [6.07, 6.45) is 6.22. The molecule has 4 rings (SSSR count). The van der Waals surface area contributed by atoms with Crippen LogP contribution in [0.3, 0.4) is 0 Å². The van der Waals surface area contributed by atoms with Crippen LogP contribution in [0, 0.1) is 5.82 Å². The van der Waals surface area contributed by atoms with Crippen molar-refractivity contribution in [2.24, 2.45) is 0 Å². The van der Waals surface area contributed by atoms with Crippen molar-refractivity contribution >= 4 is 5.97 Å². The SMILES string of the molecule is CCCC(=O)OC1CCC(c2nc(-c3ccc(F)cc3)c(-c3ccnc(OC)n3)[nH]2)CC1. The highest BCUT2D eigenvalue weighted by molar-refractivity contribution is 5.76. The molecule has 0 spiro atoms. The molecule has 1 aliphatic rings. The van der Waals surface area contributed by atoms with E-state index >= 15 is 0 Å². The van der Waals surface area contributed by atoms with E-state index in [1.54, 1.807) is 24.4 Å². The molecule has 0 bridgehead atoms. The van der Waals surface area contributed by atoms with Crippen molar-refractivity contribution in [3.8, 4) is 28.7 Å². The third-order valence-electron chi connectivity index (χ3n) is 5.73. The van der Waals surface area contributed by atoms with Crippen LogP contribution in [0.25, 0.3) is 22.6 Å². The number of nitrogens with one attached hydrogen (secondary N) is 1. The number of rotatable bonds is 7. The molecular weight excluding hydrogens is 411 g/mol. The van der Waals surface area contributed by atoms with E-state index in [2.05, 4.69) is 15.0 Å². The maximum atomic E-state index is 13.5. The zero-order valence-corrected chi connectivity index (χ0v) is 18.3. The van der Waals surface area contributed by atoms with Gasteiger partial charge in [-0.3, -0.25) is 4.79 Å². The summed E-state index contributed by atoms with van der Waals surface area (Å²) in [5, 5.41) is 0. The molecule has 0 radical (unpaired) electrons. The van der Waals surface area contributed by atoms with Crippen molar-refractivity contribution in [1.82, 2.24) is 19.9 Å². The normalized spacial score (nSPS) is 18.3. The van der Waals surface area contributed by atoms with Crippen LogP contribution in [-0.4, -0.2) is 39.1 Å². The number of esters is 1. The van der Waals surface area contributed by atoms with Crippen molar-refractivity contribution in [3.63, 3.8) is 0 Å². The highest BCUT2D eigenvalue weighted by Crippen LogP contribution is 2.37. The molecule has 1 fully saturated rings. The van der Waals surface area contributed by atoms with Crippen molar-refractivity contribution in [3.05, 3.63) is 48.2 Å². The largest absolute Gasteiger partial charge is 0.467 e. The van der Waals surface area contributed by atoms with Gasteiger partial charge in [-0.05, 0) is 62.4 Å². The number of carbonyl (C=O) groups excluding carboxylic acids is 1. The third-order valence-corrected chi connectivity index (χ3v) is 5.73. The molecule has 0 aliphatic heterocycles. The van der Waals surface area contributed by atoms with E-state index in [4.69, 9.17) is 14.5 Å². The summed E-state index contributed by atoms with van der Waals surface area (Å²) in [7, 11) is 1.52. The quantitative estimate of drug-likeness (QED) is 0.519. The summed E-state index contributed by atoms with van der Waals surface area (Å²) in [5.41, 5.74) is 2.89. The van der Waals surface area contributed by atoms with Crippen molar-refractivity contribution in [2.45, 2.75) is 57.5 Å². The van der Waals surface area contributed by atoms with Gasteiger partial charge in [0, 0.05) is 24.1 Å². The Labute approximate surface area is 186 Å². The summed E-state index contributed by atoms with van der Waals surface area (Å²) in [4.78, 5) is 28.7. The molecule has 168 valence electrons. The van der Waals surface area contributed by atoms with E-state index in [-0.39, 0.29) is 29.8 Å². The van der Waals surface area contributed by atoms with E-state index in [0.717, 1.165) is 49.2 Å². The summed E-state index contributed by atoms with van der Waals surface area (Å²) < 4.78 is 24.3. The van der Waals surface area contributed by atoms with Gasteiger partial charge >= 0.3 is 12.0 Å². The standard InChI is InChI=1S/C24H27FN4O3/c1-3-4-20(30)32-18-11-7-16(8-12-18)23-28-21(15-5-9-17(25)10-6-15)22(29-23)19-13-14-26-24(27-19)31-2/h5-6,9-10,13-14,16,18H,3-4,7-8,11-12H2,1-2H3,(H,28,29). The van der Waals surface area contributed by atoms with Gasteiger partial charge in [-0.1, -0.05) is 6.92 Å². The number of H-pyrrole nitrogens is 1. The molecule has 32 heavy (non-hydrogen) atoms. The Morgan fingerprint density at radius 2 is 1.88 bits per heavy atom. The number of ether oxygens (including phenoxy) is 2. The van der Waals surface area contributed by atoms with Crippen LogP contribution < -0.4 is 4.74 Å². The van der Waals surface area contributed by atoms with E-state index in [1.165, 1.54) is 19.2 Å². The lowest BCUT2D eigenvalue weighted by Crippen LogP contribution is -2.24. The molecule has 8 heteroatoms. The second-order valence-electron chi connectivity index (χ2n) is 7.99. The van der Waals surface area contributed by atoms with Gasteiger partial charge in [-0.25, -0.2) is 14.4 Å². The average Bonchev–Trinajstić information content (AvgIpc) is 3.26. The number of halogens is 1. The zero-order valence-electron chi connectivity index (χ0n) is 18.3. The van der Waals surface area contributed by atoms with Gasteiger partial charge in [0.1, 0.15) is 17.7 Å². The third kappa shape index (κ3) is 4.95. The number of carbonyl (C=O) groups is 1. The van der Waals surface area contributed by atoms with Crippen LogP contribution in [0.15, 0.2) is 36.5 Å². The molecule has 2 heterocycles. The fraction of sp³-hybridized carbons (Fsp3) is 0.417. The second-order valence-corrected chi connectivity index (χ2v) is 7.99. The molecular formula is C24H27FN4O3. The number of benzene rings is 1. The first-order valence-electron chi connectivity index (χ1n) is 11.0. The number of nitrogens with zero attached hydrogens (tertiary/aromatic N) is 3. The maximum absolute atomic E-state index is 13.5. The number of aromatic nitrogens is 4. The first-order chi connectivity index (χ1) is 15.6. The summed E-state index contributed by atoms with van der Waals surface area (Å²) in [6.45, 7) is 1.97. The Balaban J connectivity index is 1.60. The minimum atomic E-state index is -0.300. The predicted octanol–water partition coefficient (Wildman–Crippen LogP) is 5.05. The highest BCUT2D eigenvalue weighted by Gasteiger charge is 2.28. The van der Waals surface area contributed by atoms with Gasteiger partial charge in [-0.2, -0.15) is 4.98 Å². The molecule has 1 N–H and O–H groups in total. The lowest BCUT2D eigenvalue weighted by molar-refractivity contribution is -0.150. The molecule has 0 amide bonds. The zero-order chi connectivity index (χ0) is 22.5. The molecule has 1 aliphatic carbocycles. The van der Waals surface area contributed by atoms with Gasteiger partial charge < -0.3 is 14.5 Å². The summed E-state index contributed by atoms with van der Waals surface area (Å²) in [6, 6.07) is 8.31. The topological polar surface area (TPSA) is 90.0 Å². The van der Waals surface area contributed by atoms with Crippen LogP contribution >= 0.6 is 0 Å². The van der Waals surface area contributed by atoms with Crippen molar-refractivity contribution in [1.29, 1.82) is 0 Å². The van der Waals surface area contributed by atoms with E-state index in [9.17, 15) is 9.18 Å². The van der Waals surface area contributed by atoms with Crippen molar-refractivity contribution in [2.75, 3.05) is 7.11 Å². The Morgan fingerprint density at radius 1 is 1.12 bits per heavy atom. The Kier molecular flexibility index (Phi) is 6.78. The van der Waals surface area contributed by atoms with Gasteiger partial charge in [0.2, 0.25) is 0 Å². The first kappa shape index (κ1) is 21.9. The fourth-order valence-corrected chi connectivity index (χ4v) is 4.07.